The van der Waals surface area contributed by atoms with E-state index in [1.54, 1.807) is 12.1 Å². The molecular weight excluding hydrogens is 410 g/mol. The van der Waals surface area contributed by atoms with Gasteiger partial charge >= 0.3 is 0 Å². The molecule has 0 aliphatic heterocycles. The Balaban J connectivity index is 1.38. The Morgan fingerprint density at radius 2 is 1.90 bits per heavy atom. The second-order valence-electron chi connectivity index (χ2n) is 7.32. The molecule has 1 aliphatic rings. The fraction of sp³-hybridized carbons (Fsp3) is 0.400. The summed E-state index contributed by atoms with van der Waals surface area (Å²) in [5.74, 6) is 0.495. The van der Waals surface area contributed by atoms with E-state index in [-0.39, 0.29) is 4.90 Å². The molecule has 0 amide bonds. The van der Waals surface area contributed by atoms with Crippen molar-refractivity contribution in [1.29, 1.82) is 0 Å². The molecule has 0 spiro atoms. The normalized spacial score (nSPS) is 14.2. The van der Waals surface area contributed by atoms with Crippen LogP contribution in [0.4, 0.5) is 5.82 Å². The number of aromatic nitrogens is 3. The molecule has 154 valence electrons. The van der Waals surface area contributed by atoms with E-state index in [0.29, 0.717) is 17.4 Å². The summed E-state index contributed by atoms with van der Waals surface area (Å²) in [7, 11) is -3.52. The second kappa shape index (κ2) is 8.30. The molecule has 2 heterocycles. The third kappa shape index (κ3) is 4.24. The van der Waals surface area contributed by atoms with E-state index in [1.807, 2.05) is 6.33 Å². The van der Waals surface area contributed by atoms with Gasteiger partial charge in [0.2, 0.25) is 10.0 Å². The van der Waals surface area contributed by atoms with Crippen molar-refractivity contribution in [2.45, 2.75) is 50.0 Å². The summed E-state index contributed by atoms with van der Waals surface area (Å²) in [6, 6.07) is 6.15. The largest absolute Gasteiger partial charge is 0.382 e. The number of pyridine rings is 1. The van der Waals surface area contributed by atoms with Crippen molar-refractivity contribution in [3.8, 4) is 0 Å². The molecule has 29 heavy (non-hydrogen) atoms. The minimum Gasteiger partial charge on any atom is -0.382 e. The summed E-state index contributed by atoms with van der Waals surface area (Å²) >= 11 is 5.82. The average Bonchev–Trinajstić information content (AvgIpc) is 3.13. The molecule has 0 saturated heterocycles. The highest BCUT2D eigenvalue weighted by atomic mass is 35.5. The number of sulfonamides is 1. The van der Waals surface area contributed by atoms with Crippen LogP contribution in [0.3, 0.4) is 0 Å². The number of nitrogen functional groups attached to an aromatic ring is 1. The number of imidazole rings is 1. The topological polar surface area (TPSA) is 103 Å². The maximum Gasteiger partial charge on any atom is 0.240 e. The maximum atomic E-state index is 12.3. The summed E-state index contributed by atoms with van der Waals surface area (Å²) in [6.07, 6.45) is 7.63. The lowest BCUT2D eigenvalue weighted by Gasteiger charge is -2.17. The zero-order valence-corrected chi connectivity index (χ0v) is 17.6. The number of halogens is 1. The molecule has 0 bridgehead atoms. The van der Waals surface area contributed by atoms with Gasteiger partial charge < -0.3 is 10.3 Å². The monoisotopic (exact) mass is 433 g/mol. The molecule has 0 radical (unpaired) electrons. The van der Waals surface area contributed by atoms with Crippen LogP contribution in [-0.2, 0) is 29.4 Å². The van der Waals surface area contributed by atoms with Gasteiger partial charge in [-0.3, -0.25) is 0 Å². The van der Waals surface area contributed by atoms with Crippen LogP contribution in [0.2, 0.25) is 5.02 Å². The SMILES string of the molecule is Nc1nc2c(c3c1ncn3CCCCNS(=O)(=O)c1ccc(Cl)cc1)CCCC2. The fourth-order valence-corrected chi connectivity index (χ4v) is 5.03. The minimum atomic E-state index is -3.52. The first-order valence-electron chi connectivity index (χ1n) is 9.83. The first kappa shape index (κ1) is 20.1. The molecule has 2 aromatic heterocycles. The van der Waals surface area contributed by atoms with Gasteiger partial charge in [-0.15, -0.1) is 0 Å². The molecule has 0 unspecified atom stereocenters. The Morgan fingerprint density at radius 1 is 1.14 bits per heavy atom. The molecule has 1 aliphatic carbocycles. The summed E-state index contributed by atoms with van der Waals surface area (Å²) in [4.78, 5) is 9.23. The van der Waals surface area contributed by atoms with Crippen molar-refractivity contribution in [2.75, 3.05) is 12.3 Å². The molecule has 9 heteroatoms. The van der Waals surface area contributed by atoms with Gasteiger partial charge in [-0.05, 0) is 68.4 Å². The molecule has 4 rings (SSSR count). The molecule has 1 aromatic carbocycles. The number of hydrogen-bond donors (Lipinski definition) is 2. The molecule has 0 saturated carbocycles. The zero-order chi connectivity index (χ0) is 20.4. The Kier molecular flexibility index (Phi) is 5.76. The standard InChI is InChI=1S/C20H24ClN5O2S/c21-14-7-9-15(10-8-14)29(27,28)24-11-3-4-12-26-13-23-18-19(26)16-5-1-2-6-17(16)25-20(18)22/h7-10,13,24H,1-6,11-12H2,(H2,22,25). The third-order valence-corrected chi connectivity index (χ3v) is 7.03. The molecule has 0 fully saturated rings. The highest BCUT2D eigenvalue weighted by Gasteiger charge is 2.20. The predicted molar refractivity (Wildman–Crippen MR) is 114 cm³/mol. The number of anilines is 1. The number of aryl methyl sites for hydroxylation is 3. The van der Waals surface area contributed by atoms with E-state index in [4.69, 9.17) is 17.3 Å². The summed E-state index contributed by atoms with van der Waals surface area (Å²) < 4.78 is 29.4. The Hall–Kier alpha value is -2.16. The van der Waals surface area contributed by atoms with Crippen LogP contribution in [0.15, 0.2) is 35.5 Å². The van der Waals surface area contributed by atoms with Crippen LogP contribution in [0.1, 0.15) is 36.9 Å². The fourth-order valence-electron chi connectivity index (χ4n) is 3.83. The van der Waals surface area contributed by atoms with Crippen molar-refractivity contribution >= 4 is 38.5 Å². The van der Waals surface area contributed by atoms with Gasteiger partial charge in [0.15, 0.2) is 5.82 Å². The van der Waals surface area contributed by atoms with E-state index in [1.165, 1.54) is 17.7 Å². The number of nitrogens with zero attached hydrogens (tertiary/aromatic N) is 3. The van der Waals surface area contributed by atoms with Crippen LogP contribution in [-0.4, -0.2) is 29.5 Å². The molecule has 0 atom stereocenters. The number of hydrogen-bond acceptors (Lipinski definition) is 5. The average molecular weight is 434 g/mol. The molecule has 3 N–H and O–H groups in total. The Bertz CT molecular complexity index is 1130. The van der Waals surface area contributed by atoms with Crippen molar-refractivity contribution in [3.05, 3.63) is 46.9 Å². The quantitative estimate of drug-likeness (QED) is 0.556. The predicted octanol–water partition coefficient (Wildman–Crippen LogP) is 3.30. The van der Waals surface area contributed by atoms with Gasteiger partial charge in [0.1, 0.15) is 5.52 Å². The third-order valence-electron chi connectivity index (χ3n) is 5.30. The highest BCUT2D eigenvalue weighted by molar-refractivity contribution is 7.89. The van der Waals surface area contributed by atoms with Crippen LogP contribution < -0.4 is 10.5 Å². The number of nitrogens with two attached hydrogens (primary N) is 1. The maximum absolute atomic E-state index is 12.3. The molecule has 3 aromatic rings. The lowest BCUT2D eigenvalue weighted by Crippen LogP contribution is -2.25. The minimum absolute atomic E-state index is 0.220. The van der Waals surface area contributed by atoms with Crippen LogP contribution in [0.5, 0.6) is 0 Å². The van der Waals surface area contributed by atoms with Gasteiger partial charge in [-0.2, -0.15) is 0 Å². The first-order chi connectivity index (χ1) is 14.0. The highest BCUT2D eigenvalue weighted by Crippen LogP contribution is 2.30. The van der Waals surface area contributed by atoms with Crippen molar-refractivity contribution < 1.29 is 8.42 Å². The van der Waals surface area contributed by atoms with E-state index in [0.717, 1.165) is 61.8 Å². The van der Waals surface area contributed by atoms with E-state index < -0.39 is 10.0 Å². The van der Waals surface area contributed by atoms with Crippen molar-refractivity contribution in [1.82, 2.24) is 19.3 Å². The summed E-state index contributed by atoms with van der Waals surface area (Å²) in [5, 5.41) is 0.509. The smallest absolute Gasteiger partial charge is 0.240 e. The van der Waals surface area contributed by atoms with Crippen molar-refractivity contribution in [2.24, 2.45) is 0 Å². The van der Waals surface area contributed by atoms with Gasteiger partial charge in [0, 0.05) is 23.8 Å². The van der Waals surface area contributed by atoms with E-state index in [9.17, 15) is 8.42 Å². The summed E-state index contributed by atoms with van der Waals surface area (Å²) in [5.41, 5.74) is 10.3. The van der Waals surface area contributed by atoms with Crippen LogP contribution in [0, 0.1) is 0 Å². The second-order valence-corrected chi connectivity index (χ2v) is 9.53. The number of benzene rings is 1. The number of rotatable bonds is 7. The van der Waals surface area contributed by atoms with Crippen molar-refractivity contribution in [3.63, 3.8) is 0 Å². The molecular formula is C20H24ClN5O2S. The van der Waals surface area contributed by atoms with Crippen LogP contribution >= 0.6 is 11.6 Å². The van der Waals surface area contributed by atoms with Gasteiger partial charge in [0.25, 0.3) is 0 Å². The van der Waals surface area contributed by atoms with Gasteiger partial charge in [0.05, 0.1) is 16.7 Å². The zero-order valence-electron chi connectivity index (χ0n) is 16.1. The van der Waals surface area contributed by atoms with E-state index >= 15 is 0 Å². The first-order valence-corrected chi connectivity index (χ1v) is 11.7. The number of unbranched alkanes of at least 4 members (excludes halogenated alkanes) is 1. The Labute approximate surface area is 175 Å². The van der Waals surface area contributed by atoms with Crippen LogP contribution in [0.25, 0.3) is 11.0 Å². The van der Waals surface area contributed by atoms with Gasteiger partial charge in [-0.1, -0.05) is 11.6 Å². The number of fused-ring (bicyclic) bond motifs is 3. The Morgan fingerprint density at radius 3 is 2.69 bits per heavy atom. The van der Waals surface area contributed by atoms with E-state index in [2.05, 4.69) is 19.3 Å². The molecule has 7 nitrogen and oxygen atoms in total. The van der Waals surface area contributed by atoms with Gasteiger partial charge in [-0.25, -0.2) is 23.1 Å². The lowest BCUT2D eigenvalue weighted by molar-refractivity contribution is 0.568. The lowest BCUT2D eigenvalue weighted by atomic mass is 9.95. The summed E-state index contributed by atoms with van der Waals surface area (Å²) in [6.45, 7) is 1.13. The number of nitrogens with one attached hydrogen (secondary N) is 1.